The van der Waals surface area contributed by atoms with Crippen LogP contribution >= 0.6 is 11.3 Å². The van der Waals surface area contributed by atoms with Gasteiger partial charge in [0.2, 0.25) is 0 Å². The molecule has 0 aromatic carbocycles. The van der Waals surface area contributed by atoms with Crippen LogP contribution in [0.4, 0.5) is 0 Å². The predicted molar refractivity (Wildman–Crippen MR) is 84.5 cm³/mol. The first kappa shape index (κ1) is 14.9. The fourth-order valence-electron chi connectivity index (χ4n) is 2.24. The largest absolute Gasteiger partial charge is 0.350 e. The summed E-state index contributed by atoms with van der Waals surface area (Å²) in [5.74, 6) is 0.0323. The molecule has 2 heterocycles. The van der Waals surface area contributed by atoms with Crippen molar-refractivity contribution >= 4 is 17.2 Å². The number of aryl methyl sites for hydroxylation is 1. The van der Waals surface area contributed by atoms with Crippen LogP contribution in [-0.2, 0) is 6.54 Å². The number of rotatable bonds is 5. The Bertz CT molecular complexity index is 584. The second kappa shape index (κ2) is 6.27. The molecule has 0 saturated carbocycles. The zero-order valence-electron chi connectivity index (χ0n) is 12.6. The smallest absolute Gasteiger partial charge is 0.253 e. The second-order valence-corrected chi connectivity index (χ2v) is 6.27. The summed E-state index contributed by atoms with van der Waals surface area (Å²) in [5, 5.41) is 5.12. The van der Waals surface area contributed by atoms with Gasteiger partial charge < -0.3 is 9.88 Å². The monoisotopic (exact) mass is 290 g/mol. The Morgan fingerprint density at radius 1 is 1.45 bits per heavy atom. The molecule has 2 aromatic rings. The fraction of sp³-hybridized carbons (Fsp3) is 0.438. The molecule has 0 aliphatic carbocycles. The molecule has 108 valence electrons. The number of hydrogen-bond acceptors (Lipinski definition) is 2. The summed E-state index contributed by atoms with van der Waals surface area (Å²) in [6, 6.07) is 6.39. The molecule has 2 rings (SSSR count). The van der Waals surface area contributed by atoms with Crippen LogP contribution in [0.5, 0.6) is 0 Å². The number of hydrogen-bond donors (Lipinski definition) is 1. The predicted octanol–water partition coefficient (Wildman–Crippen LogP) is 3.74. The quantitative estimate of drug-likeness (QED) is 0.894. The van der Waals surface area contributed by atoms with Crippen LogP contribution in [0.3, 0.4) is 0 Å². The van der Waals surface area contributed by atoms with Crippen molar-refractivity contribution in [3.8, 4) is 0 Å². The highest BCUT2D eigenvalue weighted by Crippen LogP contribution is 2.19. The van der Waals surface area contributed by atoms with Crippen molar-refractivity contribution in [3.63, 3.8) is 0 Å². The van der Waals surface area contributed by atoms with Gasteiger partial charge in [0.15, 0.2) is 0 Å². The van der Waals surface area contributed by atoms with Crippen LogP contribution in [0.15, 0.2) is 23.6 Å². The highest BCUT2D eigenvalue weighted by Gasteiger charge is 2.17. The van der Waals surface area contributed by atoms with Gasteiger partial charge in [0, 0.05) is 22.3 Å². The standard InChI is InChI=1S/C16H22N2OS/c1-5-11(2)17-16(19)15-9-12(3)18(13(15)4)10-14-7-6-8-20-14/h6-9,11H,5,10H2,1-4H3,(H,17,19). The van der Waals surface area contributed by atoms with Crippen LogP contribution in [0, 0.1) is 13.8 Å². The molecule has 3 nitrogen and oxygen atoms in total. The summed E-state index contributed by atoms with van der Waals surface area (Å²) < 4.78 is 2.21. The molecular weight excluding hydrogens is 268 g/mol. The molecule has 1 N–H and O–H groups in total. The Kier molecular flexibility index (Phi) is 4.65. The minimum atomic E-state index is 0.0323. The van der Waals surface area contributed by atoms with Gasteiger partial charge in [0.1, 0.15) is 0 Å². The molecule has 0 aliphatic rings. The summed E-state index contributed by atoms with van der Waals surface area (Å²) in [5.41, 5.74) is 2.96. The van der Waals surface area contributed by atoms with Gasteiger partial charge in [-0.15, -0.1) is 11.3 Å². The van der Waals surface area contributed by atoms with E-state index in [-0.39, 0.29) is 11.9 Å². The van der Waals surface area contributed by atoms with Crippen LogP contribution in [-0.4, -0.2) is 16.5 Å². The van der Waals surface area contributed by atoms with Crippen molar-refractivity contribution in [2.24, 2.45) is 0 Å². The molecule has 1 amide bonds. The van der Waals surface area contributed by atoms with E-state index in [1.165, 1.54) is 4.88 Å². The van der Waals surface area contributed by atoms with E-state index >= 15 is 0 Å². The molecule has 0 saturated heterocycles. The minimum absolute atomic E-state index is 0.0323. The van der Waals surface area contributed by atoms with Gasteiger partial charge in [-0.2, -0.15) is 0 Å². The lowest BCUT2D eigenvalue weighted by atomic mass is 10.2. The van der Waals surface area contributed by atoms with Crippen molar-refractivity contribution in [1.29, 1.82) is 0 Å². The van der Waals surface area contributed by atoms with Crippen molar-refractivity contribution in [2.75, 3.05) is 0 Å². The topological polar surface area (TPSA) is 34.0 Å². The number of nitrogens with zero attached hydrogens (tertiary/aromatic N) is 1. The molecule has 4 heteroatoms. The summed E-state index contributed by atoms with van der Waals surface area (Å²) in [6.45, 7) is 9.02. The SMILES string of the molecule is CCC(C)NC(=O)c1cc(C)n(Cc2cccs2)c1C. The van der Waals surface area contributed by atoms with Crippen molar-refractivity contribution < 1.29 is 4.79 Å². The van der Waals surface area contributed by atoms with Gasteiger partial charge >= 0.3 is 0 Å². The average molecular weight is 290 g/mol. The Morgan fingerprint density at radius 2 is 2.20 bits per heavy atom. The van der Waals surface area contributed by atoms with Crippen LogP contribution in [0.25, 0.3) is 0 Å². The third kappa shape index (κ3) is 3.12. The molecule has 20 heavy (non-hydrogen) atoms. The van der Waals surface area contributed by atoms with Crippen LogP contribution < -0.4 is 5.32 Å². The minimum Gasteiger partial charge on any atom is -0.350 e. The molecule has 2 aromatic heterocycles. The highest BCUT2D eigenvalue weighted by molar-refractivity contribution is 7.09. The van der Waals surface area contributed by atoms with E-state index in [9.17, 15) is 4.79 Å². The lowest BCUT2D eigenvalue weighted by molar-refractivity contribution is 0.0938. The molecule has 1 unspecified atom stereocenters. The number of nitrogens with one attached hydrogen (secondary N) is 1. The third-order valence-corrected chi connectivity index (χ3v) is 4.56. The third-order valence-electron chi connectivity index (χ3n) is 3.70. The first-order chi connectivity index (χ1) is 9.52. The van der Waals surface area contributed by atoms with E-state index in [1.54, 1.807) is 11.3 Å². The summed E-state index contributed by atoms with van der Waals surface area (Å²) >= 11 is 1.75. The van der Waals surface area contributed by atoms with Gasteiger partial charge in [0.05, 0.1) is 12.1 Å². The van der Waals surface area contributed by atoms with E-state index in [0.29, 0.717) is 0 Å². The zero-order chi connectivity index (χ0) is 14.7. The normalized spacial score (nSPS) is 12.4. The molecule has 0 fully saturated rings. The van der Waals surface area contributed by atoms with Gasteiger partial charge in [-0.1, -0.05) is 13.0 Å². The molecule has 0 aliphatic heterocycles. The van der Waals surface area contributed by atoms with Gasteiger partial charge in [-0.25, -0.2) is 0 Å². The molecule has 0 spiro atoms. The van der Waals surface area contributed by atoms with Crippen molar-refractivity contribution in [1.82, 2.24) is 9.88 Å². The molecule has 0 bridgehead atoms. The number of carbonyl (C=O) groups excluding carboxylic acids is 1. The van der Waals surface area contributed by atoms with E-state index in [1.807, 2.05) is 19.9 Å². The number of carbonyl (C=O) groups is 1. The lowest BCUT2D eigenvalue weighted by Gasteiger charge is -2.12. The van der Waals surface area contributed by atoms with E-state index < -0.39 is 0 Å². The number of aromatic nitrogens is 1. The van der Waals surface area contributed by atoms with Gasteiger partial charge in [-0.05, 0) is 44.7 Å². The van der Waals surface area contributed by atoms with E-state index in [0.717, 1.165) is 29.9 Å². The van der Waals surface area contributed by atoms with Crippen LogP contribution in [0.1, 0.15) is 46.9 Å². The van der Waals surface area contributed by atoms with Gasteiger partial charge in [0.25, 0.3) is 5.91 Å². The zero-order valence-corrected chi connectivity index (χ0v) is 13.4. The van der Waals surface area contributed by atoms with Crippen molar-refractivity contribution in [3.05, 3.63) is 45.4 Å². The molecular formula is C16H22N2OS. The summed E-state index contributed by atoms with van der Waals surface area (Å²) in [7, 11) is 0. The average Bonchev–Trinajstić information content (AvgIpc) is 3.02. The highest BCUT2D eigenvalue weighted by atomic mass is 32.1. The maximum absolute atomic E-state index is 12.3. The fourth-order valence-corrected chi connectivity index (χ4v) is 2.93. The maximum Gasteiger partial charge on any atom is 0.253 e. The number of amides is 1. The Balaban J connectivity index is 2.22. The number of thiophene rings is 1. The lowest BCUT2D eigenvalue weighted by Crippen LogP contribution is -2.32. The second-order valence-electron chi connectivity index (χ2n) is 5.23. The maximum atomic E-state index is 12.3. The van der Waals surface area contributed by atoms with Crippen LogP contribution in [0.2, 0.25) is 0 Å². The van der Waals surface area contributed by atoms with Crippen molar-refractivity contribution in [2.45, 2.75) is 46.7 Å². The Labute approximate surface area is 124 Å². The Morgan fingerprint density at radius 3 is 2.80 bits per heavy atom. The summed E-state index contributed by atoms with van der Waals surface area (Å²) in [4.78, 5) is 13.6. The summed E-state index contributed by atoms with van der Waals surface area (Å²) in [6.07, 6.45) is 0.944. The van der Waals surface area contributed by atoms with E-state index in [2.05, 4.69) is 41.2 Å². The first-order valence-electron chi connectivity index (χ1n) is 7.03. The van der Waals surface area contributed by atoms with Gasteiger partial charge in [-0.3, -0.25) is 4.79 Å². The Hall–Kier alpha value is -1.55. The molecule has 1 atom stereocenters. The molecule has 0 radical (unpaired) electrons. The van der Waals surface area contributed by atoms with E-state index in [4.69, 9.17) is 0 Å². The first-order valence-corrected chi connectivity index (χ1v) is 7.90.